The van der Waals surface area contributed by atoms with E-state index in [1.807, 2.05) is 0 Å². The normalized spacial score (nSPS) is 5.71. The van der Waals surface area contributed by atoms with Crippen molar-refractivity contribution in [2.75, 3.05) is 0 Å². The summed E-state index contributed by atoms with van der Waals surface area (Å²) in [5.74, 6) is 0. The van der Waals surface area contributed by atoms with Crippen LogP contribution in [0.1, 0.15) is 0 Å². The Bertz CT molecular complexity index is 62.6. The summed E-state index contributed by atoms with van der Waals surface area (Å²) >= 11 is 0. The fraction of sp³-hybridized carbons (Fsp3) is 0. The Kier molecular flexibility index (Phi) is 6.80. The first-order valence-electron chi connectivity index (χ1n) is 1.30. The second-order valence-corrected chi connectivity index (χ2v) is 0.660. The first-order valence-corrected chi connectivity index (χ1v) is 1.30. The van der Waals surface area contributed by atoms with Gasteiger partial charge in [-0.15, -0.1) is 5.10 Å². The lowest BCUT2D eigenvalue weighted by molar-refractivity contribution is 0.940. The van der Waals surface area contributed by atoms with Crippen LogP contribution in [0.4, 0.5) is 0 Å². The van der Waals surface area contributed by atoms with Crippen molar-refractivity contribution in [3.63, 3.8) is 0 Å². The topological polar surface area (TPSA) is 112 Å². The van der Waals surface area contributed by atoms with E-state index in [2.05, 4.69) is 15.4 Å². The van der Waals surface area contributed by atoms with Crippen LogP contribution in [-0.4, -0.2) is 15.4 Å². The van der Waals surface area contributed by atoms with Crippen LogP contribution >= 0.6 is 0 Å². The maximum atomic E-state index is 3.42. The van der Waals surface area contributed by atoms with E-state index in [1.165, 1.54) is 0 Å². The van der Waals surface area contributed by atoms with Crippen LogP contribution < -0.4 is 12.3 Å². The summed E-state index contributed by atoms with van der Waals surface area (Å²) in [6.07, 6.45) is 3.24. The lowest BCUT2D eigenvalue weighted by atomic mass is 11.0. The average molecular weight is 103 g/mol. The molecule has 7 N–H and O–H groups in total. The summed E-state index contributed by atoms with van der Waals surface area (Å²) < 4.78 is 0. The largest absolute Gasteiger partial charge is 0.344 e. The van der Waals surface area contributed by atoms with Crippen LogP contribution in [-0.2, 0) is 0 Å². The predicted molar refractivity (Wildman–Crippen MR) is 26.4 cm³/mol. The highest BCUT2D eigenvalue weighted by Crippen LogP contribution is 1.55. The summed E-state index contributed by atoms with van der Waals surface area (Å²) in [4.78, 5) is 0. The molecule has 0 saturated carbocycles. The van der Waals surface area contributed by atoms with Gasteiger partial charge in [0.15, 0.2) is 0 Å². The van der Waals surface area contributed by atoms with Gasteiger partial charge in [-0.1, -0.05) is 5.21 Å². The molecule has 42 valence electrons. The van der Waals surface area contributed by atoms with Crippen LogP contribution in [0, 0.1) is 0 Å². The van der Waals surface area contributed by atoms with E-state index in [-0.39, 0.29) is 12.3 Å². The van der Waals surface area contributed by atoms with Crippen molar-refractivity contribution in [2.45, 2.75) is 0 Å². The Labute approximate surface area is 41.3 Å². The van der Waals surface area contributed by atoms with Gasteiger partial charge in [-0.2, -0.15) is 0 Å². The maximum Gasteiger partial charge on any atom is 0.0690 e. The highest BCUT2D eigenvalue weighted by molar-refractivity contribution is 4.54. The number of aromatic nitrogens is 3. The molecule has 0 aliphatic heterocycles. The third kappa shape index (κ3) is 2.87. The first kappa shape index (κ1) is 9.41. The molecular weight excluding hydrogens is 94.1 g/mol. The molecule has 0 unspecified atom stereocenters. The first-order chi connectivity index (χ1) is 2.50. The van der Waals surface area contributed by atoms with Crippen molar-refractivity contribution >= 4 is 0 Å². The van der Waals surface area contributed by atoms with Gasteiger partial charge >= 0.3 is 0 Å². The van der Waals surface area contributed by atoms with E-state index in [1.54, 1.807) is 12.4 Å². The number of rotatable bonds is 0. The standard InChI is InChI=1S/C2H3N3.2H3N/c1-2-4-5-3-1;;/h1-2H,(H,3,4,5);2*1H3. The third-order valence-corrected chi connectivity index (χ3v) is 0.331. The third-order valence-electron chi connectivity index (χ3n) is 0.331. The summed E-state index contributed by atoms with van der Waals surface area (Å²) in [7, 11) is 0. The van der Waals surface area contributed by atoms with E-state index in [9.17, 15) is 0 Å². The summed E-state index contributed by atoms with van der Waals surface area (Å²) in [6.45, 7) is 0. The Hall–Kier alpha value is -0.940. The molecule has 0 aliphatic rings. The van der Waals surface area contributed by atoms with Crippen molar-refractivity contribution in [3.8, 4) is 0 Å². The molecule has 0 bridgehead atoms. The molecule has 7 heavy (non-hydrogen) atoms. The molecule has 0 radical (unpaired) electrons. The van der Waals surface area contributed by atoms with E-state index in [0.29, 0.717) is 0 Å². The van der Waals surface area contributed by atoms with E-state index >= 15 is 0 Å². The lowest BCUT2D eigenvalue weighted by Crippen LogP contribution is -1.61. The van der Waals surface area contributed by atoms with Crippen molar-refractivity contribution in [1.29, 1.82) is 0 Å². The summed E-state index contributed by atoms with van der Waals surface area (Å²) in [5, 5.41) is 9.26. The van der Waals surface area contributed by atoms with Crippen LogP contribution in [0.15, 0.2) is 12.4 Å². The quantitative estimate of drug-likeness (QED) is 0.433. The van der Waals surface area contributed by atoms with E-state index < -0.39 is 0 Å². The van der Waals surface area contributed by atoms with Crippen molar-refractivity contribution in [3.05, 3.63) is 12.4 Å². The molecule has 0 aromatic carbocycles. The molecular formula is C2H9N5. The number of hydrogen-bond acceptors (Lipinski definition) is 4. The molecule has 0 amide bonds. The Morgan fingerprint density at radius 3 is 2.14 bits per heavy atom. The molecule has 0 saturated heterocycles. The van der Waals surface area contributed by atoms with E-state index in [4.69, 9.17) is 0 Å². The number of aromatic amines is 1. The van der Waals surface area contributed by atoms with Gasteiger partial charge in [-0.3, -0.25) is 5.10 Å². The fourth-order valence-electron chi connectivity index (χ4n) is 0.167. The molecule has 0 aliphatic carbocycles. The Morgan fingerprint density at radius 2 is 2.00 bits per heavy atom. The van der Waals surface area contributed by atoms with Crippen LogP contribution in [0.3, 0.4) is 0 Å². The highest BCUT2D eigenvalue weighted by atomic mass is 15.3. The van der Waals surface area contributed by atoms with Crippen LogP contribution in [0.2, 0.25) is 0 Å². The lowest BCUT2D eigenvalue weighted by Gasteiger charge is -1.46. The second-order valence-electron chi connectivity index (χ2n) is 0.660. The van der Waals surface area contributed by atoms with Gasteiger partial charge in [0.1, 0.15) is 0 Å². The molecule has 1 aromatic heterocycles. The van der Waals surface area contributed by atoms with Gasteiger partial charge in [-0.05, 0) is 0 Å². The smallest absolute Gasteiger partial charge is 0.0690 e. The van der Waals surface area contributed by atoms with Gasteiger partial charge in [0.2, 0.25) is 0 Å². The molecule has 0 atom stereocenters. The zero-order chi connectivity index (χ0) is 3.54. The minimum atomic E-state index is 0. The van der Waals surface area contributed by atoms with Crippen molar-refractivity contribution < 1.29 is 0 Å². The molecule has 5 heteroatoms. The maximum absolute atomic E-state index is 3.42. The molecule has 5 nitrogen and oxygen atoms in total. The average Bonchev–Trinajstić information content (AvgIpc) is 1.76. The summed E-state index contributed by atoms with van der Waals surface area (Å²) in [5.41, 5.74) is 0. The minimum Gasteiger partial charge on any atom is -0.344 e. The zero-order valence-electron chi connectivity index (χ0n) is 3.96. The number of nitrogens with zero attached hydrogens (tertiary/aromatic N) is 2. The van der Waals surface area contributed by atoms with Gasteiger partial charge in [0, 0.05) is 6.20 Å². The number of H-pyrrole nitrogens is 1. The van der Waals surface area contributed by atoms with Gasteiger partial charge < -0.3 is 12.3 Å². The predicted octanol–water partition coefficient (Wildman–Crippen LogP) is 0.129. The van der Waals surface area contributed by atoms with E-state index in [0.717, 1.165) is 0 Å². The Morgan fingerprint density at radius 1 is 1.29 bits per heavy atom. The van der Waals surface area contributed by atoms with Crippen LogP contribution in [0.25, 0.3) is 0 Å². The molecule has 1 rings (SSSR count). The molecule has 1 aromatic rings. The fourth-order valence-corrected chi connectivity index (χ4v) is 0.167. The zero-order valence-corrected chi connectivity index (χ0v) is 3.96. The van der Waals surface area contributed by atoms with Crippen molar-refractivity contribution in [2.24, 2.45) is 0 Å². The van der Waals surface area contributed by atoms with Crippen LogP contribution in [0.5, 0.6) is 0 Å². The number of hydrogen-bond donors (Lipinski definition) is 3. The number of nitrogens with one attached hydrogen (secondary N) is 1. The monoisotopic (exact) mass is 103 g/mol. The Balaban J connectivity index is 0. The van der Waals surface area contributed by atoms with Crippen molar-refractivity contribution in [1.82, 2.24) is 27.7 Å². The molecule has 0 fully saturated rings. The van der Waals surface area contributed by atoms with Gasteiger partial charge in [0.05, 0.1) is 6.20 Å². The molecule has 1 heterocycles. The summed E-state index contributed by atoms with van der Waals surface area (Å²) in [6, 6.07) is 0. The molecule has 0 spiro atoms. The second kappa shape index (κ2) is 5.06. The highest BCUT2D eigenvalue weighted by Gasteiger charge is 1.57. The van der Waals surface area contributed by atoms with Gasteiger partial charge in [-0.25, -0.2) is 0 Å². The van der Waals surface area contributed by atoms with Gasteiger partial charge in [0.25, 0.3) is 0 Å². The SMILES string of the molecule is N.N.c1c[nH]nn1. The minimum absolute atomic E-state index is 0.